The van der Waals surface area contributed by atoms with Crippen LogP contribution in [0.2, 0.25) is 0 Å². The molecule has 0 aliphatic rings. The van der Waals surface area contributed by atoms with Gasteiger partial charge in [0.2, 0.25) is 0 Å². The number of rotatable bonds is 5. The van der Waals surface area contributed by atoms with Crippen LogP contribution in [0.5, 0.6) is 0 Å². The Bertz CT molecular complexity index is 1030. The summed E-state index contributed by atoms with van der Waals surface area (Å²) in [6.45, 7) is 3.89. The summed E-state index contributed by atoms with van der Waals surface area (Å²) >= 11 is 0. The Morgan fingerprint density at radius 2 is 0.882 bits per heavy atom. The van der Waals surface area contributed by atoms with Gasteiger partial charge in [0, 0.05) is 34.1 Å². The van der Waals surface area contributed by atoms with Crippen LogP contribution in [0.1, 0.15) is 27.8 Å². The predicted molar refractivity (Wildman–Crippen MR) is 143 cm³/mol. The summed E-state index contributed by atoms with van der Waals surface area (Å²) in [7, 11) is 0. The summed E-state index contributed by atoms with van der Waals surface area (Å²) in [5.74, 6) is 0. The molecule has 0 atom stereocenters. The van der Waals surface area contributed by atoms with E-state index in [-0.39, 0.29) is 34.1 Å². The van der Waals surface area contributed by atoms with Crippen LogP contribution in [-0.2, 0) is 34.1 Å². The zero-order valence-corrected chi connectivity index (χ0v) is 21.1. The van der Waals surface area contributed by atoms with Gasteiger partial charge in [-0.1, -0.05) is 42.0 Å². The molecule has 0 unspecified atom stereocenters. The van der Waals surface area contributed by atoms with Crippen molar-refractivity contribution in [2.75, 3.05) is 0 Å². The minimum Gasteiger partial charge on any atom is -0.214 e. The molecule has 0 bridgehead atoms. The van der Waals surface area contributed by atoms with E-state index in [1.807, 2.05) is 91.0 Å². The second-order valence-electron chi connectivity index (χ2n) is 7.16. The van der Waals surface area contributed by atoms with Gasteiger partial charge in [-0.25, -0.2) is 24.3 Å². The van der Waals surface area contributed by atoms with Crippen molar-refractivity contribution in [2.45, 2.75) is 0 Å². The molecular weight excluding hydrogens is 496 g/mol. The maximum absolute atomic E-state index is 3.89. The summed E-state index contributed by atoms with van der Waals surface area (Å²) in [5.41, 5.74) is 5.93. The second-order valence-corrected chi connectivity index (χ2v) is 7.16. The van der Waals surface area contributed by atoms with E-state index in [2.05, 4.69) is 73.3 Å². The summed E-state index contributed by atoms with van der Waals surface area (Å²) in [4.78, 5) is 0. The quantitative estimate of drug-likeness (QED) is 0.159. The zero-order chi connectivity index (χ0) is 22.3. The molecule has 0 N–H and O–H groups in total. The number of hydrogen-bond donors (Lipinski definition) is 0. The van der Waals surface area contributed by atoms with Gasteiger partial charge in [-0.3, -0.25) is 0 Å². The van der Waals surface area contributed by atoms with Crippen LogP contribution < -0.4 is 0 Å². The van der Waals surface area contributed by atoms with E-state index in [1.165, 1.54) is 22.3 Å². The molecule has 0 aromatic heterocycles. The molecule has 0 radical (unpaired) electrons. The third kappa shape index (κ3) is 11.1. The average Bonchev–Trinajstić information content (AvgIpc) is 3.65. The molecule has 0 spiro atoms. The van der Waals surface area contributed by atoms with Crippen molar-refractivity contribution >= 4 is 30.4 Å². The van der Waals surface area contributed by atoms with Gasteiger partial charge in [0.05, 0.1) is 0 Å². The monoisotopic (exact) mass is 524 g/mol. The van der Waals surface area contributed by atoms with Crippen molar-refractivity contribution < 1.29 is 34.1 Å². The van der Waals surface area contributed by atoms with E-state index in [0.717, 1.165) is 5.56 Å². The van der Waals surface area contributed by atoms with Gasteiger partial charge in [-0.2, -0.15) is 60.7 Å². The van der Waals surface area contributed by atoms with Crippen LogP contribution in [0.25, 0.3) is 30.4 Å². The smallest absolute Gasteiger partial charge is 0 e. The van der Waals surface area contributed by atoms with Crippen LogP contribution in [0.15, 0.2) is 134 Å². The first kappa shape index (κ1) is 28.9. The van der Waals surface area contributed by atoms with Gasteiger partial charge in [0.25, 0.3) is 0 Å². The summed E-state index contributed by atoms with van der Waals surface area (Å²) in [5, 5.41) is 0. The van der Waals surface area contributed by atoms with Crippen LogP contribution in [-0.4, -0.2) is 0 Å². The largest absolute Gasteiger partial charge is 0.214 e. The predicted octanol–water partition coefficient (Wildman–Crippen LogP) is 8.91. The van der Waals surface area contributed by atoms with Crippen molar-refractivity contribution in [1.29, 1.82) is 0 Å². The maximum Gasteiger partial charge on any atom is 0 e. The molecule has 0 heterocycles. The average molecular weight is 524 g/mol. The fourth-order valence-corrected chi connectivity index (χ4v) is 3.04. The summed E-state index contributed by atoms with van der Waals surface area (Å²) < 4.78 is 0. The fourth-order valence-electron chi connectivity index (χ4n) is 3.04. The van der Waals surface area contributed by atoms with Gasteiger partial charge in [0.1, 0.15) is 0 Å². The van der Waals surface area contributed by atoms with E-state index >= 15 is 0 Å². The topological polar surface area (TPSA) is 0 Å². The summed E-state index contributed by atoms with van der Waals surface area (Å²) in [6.07, 6.45) is 10.4. The Labute approximate surface area is 225 Å². The Balaban J connectivity index is 0.000000399. The molecule has 0 fully saturated rings. The Morgan fingerprint density at radius 1 is 0.529 bits per heavy atom. The minimum absolute atomic E-state index is 0. The van der Waals surface area contributed by atoms with Crippen molar-refractivity contribution in [3.05, 3.63) is 162 Å². The molecule has 5 aromatic rings. The van der Waals surface area contributed by atoms with Crippen LogP contribution in [0, 0.1) is 0 Å². The van der Waals surface area contributed by atoms with Crippen molar-refractivity contribution in [1.82, 2.24) is 0 Å². The van der Waals surface area contributed by atoms with Crippen LogP contribution >= 0.6 is 0 Å². The molecule has 34 heavy (non-hydrogen) atoms. The molecule has 0 saturated carbocycles. The van der Waals surface area contributed by atoms with Crippen molar-refractivity contribution in [2.24, 2.45) is 0 Å². The van der Waals surface area contributed by atoms with Crippen molar-refractivity contribution in [3.8, 4) is 0 Å². The summed E-state index contributed by atoms with van der Waals surface area (Å²) in [6, 6.07) is 43.1. The zero-order valence-electron chi connectivity index (χ0n) is 18.9. The van der Waals surface area contributed by atoms with Crippen LogP contribution in [0.4, 0.5) is 0 Å². The maximum atomic E-state index is 3.89. The Morgan fingerprint density at radius 3 is 1.18 bits per heavy atom. The molecule has 5 aromatic carbocycles. The number of hydrogen-bond acceptors (Lipinski definition) is 0. The standard InChI is InChI=1S/C22H18.2C5H5.2Fe/c1-2-18-15-21(13-11-19-7-3-4-8-19)17-22(16-18)14-12-20-9-5-6-10-20;2*1-2-4-5-3-1;;/h2-17H,1H2;2*1-5H;;/q-2;2*-1;;. The van der Waals surface area contributed by atoms with Crippen LogP contribution in [0.3, 0.4) is 0 Å². The first-order valence-electron chi connectivity index (χ1n) is 10.7. The van der Waals surface area contributed by atoms with Gasteiger partial charge >= 0.3 is 0 Å². The first-order chi connectivity index (χ1) is 15.8. The van der Waals surface area contributed by atoms with Gasteiger partial charge in [-0.05, 0) is 5.56 Å². The van der Waals surface area contributed by atoms with Gasteiger partial charge in [-0.15, -0.1) is 59.7 Å². The molecule has 2 heteroatoms. The molecule has 0 nitrogen and oxygen atoms in total. The molecular formula is C32H28Fe2-4. The van der Waals surface area contributed by atoms with E-state index in [4.69, 9.17) is 0 Å². The molecule has 0 amide bonds. The van der Waals surface area contributed by atoms with E-state index in [0.29, 0.717) is 0 Å². The SMILES string of the molecule is C=Cc1cc(C=C[c-]2cccc2)cc(C=C[c-]2cccc2)c1.[Fe].[Fe].c1cc[cH-]c1.c1cc[cH-]c1. The minimum atomic E-state index is 0. The van der Waals surface area contributed by atoms with E-state index < -0.39 is 0 Å². The Hall–Kier alpha value is -3.12. The van der Waals surface area contributed by atoms with E-state index in [9.17, 15) is 0 Å². The van der Waals surface area contributed by atoms with E-state index in [1.54, 1.807) is 0 Å². The van der Waals surface area contributed by atoms with Crippen molar-refractivity contribution in [3.63, 3.8) is 0 Å². The van der Waals surface area contributed by atoms with Gasteiger partial charge < -0.3 is 0 Å². The first-order valence-corrected chi connectivity index (χ1v) is 10.7. The second kappa shape index (κ2) is 17.4. The molecule has 0 aliphatic carbocycles. The number of benzene rings is 1. The normalized spacial score (nSPS) is 9.76. The fraction of sp³-hybridized carbons (Fsp3) is 0. The third-order valence-electron chi connectivity index (χ3n) is 4.66. The molecule has 5 rings (SSSR count). The molecule has 0 aliphatic heterocycles. The van der Waals surface area contributed by atoms with Gasteiger partial charge in [0.15, 0.2) is 0 Å². The Kier molecular flexibility index (Phi) is 14.8. The molecule has 0 saturated heterocycles. The molecule has 176 valence electrons. The third-order valence-corrected chi connectivity index (χ3v) is 4.66.